The average Bonchev–Trinajstić information content (AvgIpc) is 2.55. The van der Waals surface area contributed by atoms with Gasteiger partial charge in [-0.15, -0.1) is 0 Å². The fraction of sp³-hybridized carbons (Fsp3) is 0.667. The predicted octanol–water partition coefficient (Wildman–Crippen LogP) is 3.02. The molecule has 0 aromatic carbocycles. The van der Waals surface area contributed by atoms with Crippen molar-refractivity contribution in [2.75, 3.05) is 0 Å². The Kier molecular flexibility index (Phi) is 4.54. The van der Waals surface area contributed by atoms with Crippen molar-refractivity contribution in [2.45, 2.75) is 47.1 Å². The third-order valence-corrected chi connectivity index (χ3v) is 3.45. The van der Waals surface area contributed by atoms with E-state index < -0.39 is 0 Å². The molecule has 90 valence electrons. The van der Waals surface area contributed by atoms with Gasteiger partial charge in [0.2, 0.25) is 0 Å². The summed E-state index contributed by atoms with van der Waals surface area (Å²) in [5, 5.41) is 4.94. The van der Waals surface area contributed by atoms with E-state index in [0.717, 1.165) is 24.4 Å². The summed E-state index contributed by atoms with van der Waals surface area (Å²) in [5.74, 6) is 0.329. The second-order valence-corrected chi connectivity index (χ2v) is 4.49. The zero-order valence-corrected chi connectivity index (χ0v) is 11.1. The number of carbonyl (C=O) groups is 1. The highest BCUT2D eigenvalue weighted by molar-refractivity contribution is 6.32. The van der Waals surface area contributed by atoms with Gasteiger partial charge in [-0.1, -0.05) is 25.4 Å². The number of aromatic nitrogens is 2. The van der Waals surface area contributed by atoms with E-state index in [-0.39, 0.29) is 11.7 Å². The Labute approximate surface area is 102 Å². The molecular formula is C12H19ClN2O. The Hall–Kier alpha value is -0.830. The summed E-state index contributed by atoms with van der Waals surface area (Å²) >= 11 is 6.15. The quantitative estimate of drug-likeness (QED) is 0.796. The number of hydrogen-bond acceptors (Lipinski definition) is 2. The maximum atomic E-state index is 11.9. The van der Waals surface area contributed by atoms with E-state index in [9.17, 15) is 4.79 Å². The number of halogens is 1. The highest BCUT2D eigenvalue weighted by Crippen LogP contribution is 2.22. The van der Waals surface area contributed by atoms with Crippen LogP contribution in [0.2, 0.25) is 5.02 Å². The van der Waals surface area contributed by atoms with Gasteiger partial charge in [-0.05, 0) is 20.3 Å². The van der Waals surface area contributed by atoms with Gasteiger partial charge < -0.3 is 0 Å². The van der Waals surface area contributed by atoms with E-state index in [1.807, 2.05) is 32.4 Å². The first kappa shape index (κ1) is 13.2. The molecule has 0 amide bonds. The van der Waals surface area contributed by atoms with Crippen molar-refractivity contribution < 1.29 is 4.79 Å². The third-order valence-electron chi connectivity index (χ3n) is 2.96. The van der Waals surface area contributed by atoms with Gasteiger partial charge in [-0.2, -0.15) is 5.10 Å². The number of carbonyl (C=O) groups excluding carboxylic acids is 1. The van der Waals surface area contributed by atoms with Crippen molar-refractivity contribution in [2.24, 2.45) is 5.92 Å². The second-order valence-electron chi connectivity index (χ2n) is 4.11. The lowest BCUT2D eigenvalue weighted by molar-refractivity contribution is -0.121. The van der Waals surface area contributed by atoms with E-state index in [1.165, 1.54) is 0 Å². The first-order valence-corrected chi connectivity index (χ1v) is 6.13. The summed E-state index contributed by atoms with van der Waals surface area (Å²) in [6.07, 6.45) is 1.26. The first-order chi connectivity index (χ1) is 7.51. The molecule has 0 N–H and O–H groups in total. The van der Waals surface area contributed by atoms with Crippen molar-refractivity contribution in [1.29, 1.82) is 0 Å². The molecule has 0 aliphatic rings. The number of aryl methyl sites for hydroxylation is 2. The fourth-order valence-corrected chi connectivity index (χ4v) is 1.81. The molecule has 1 aromatic heterocycles. The molecule has 0 aliphatic heterocycles. The second kappa shape index (κ2) is 5.48. The van der Waals surface area contributed by atoms with Crippen molar-refractivity contribution in [3.8, 4) is 0 Å². The Morgan fingerprint density at radius 1 is 1.50 bits per heavy atom. The van der Waals surface area contributed by atoms with E-state index >= 15 is 0 Å². The number of ketones is 1. The summed E-state index contributed by atoms with van der Waals surface area (Å²) in [4.78, 5) is 11.9. The molecule has 0 bridgehead atoms. The number of Topliss-reactive ketones (excluding diaryl/α,β-unsaturated/α-hetero) is 1. The molecule has 16 heavy (non-hydrogen) atoms. The van der Waals surface area contributed by atoms with Gasteiger partial charge in [0.1, 0.15) is 5.78 Å². The molecule has 0 saturated heterocycles. The van der Waals surface area contributed by atoms with Gasteiger partial charge in [-0.3, -0.25) is 9.48 Å². The smallest absolute Gasteiger partial charge is 0.141 e. The first-order valence-electron chi connectivity index (χ1n) is 5.75. The summed E-state index contributed by atoms with van der Waals surface area (Å²) in [5.41, 5.74) is 1.66. The van der Waals surface area contributed by atoms with Crippen LogP contribution in [-0.2, 0) is 17.8 Å². The average molecular weight is 243 g/mol. The van der Waals surface area contributed by atoms with E-state index in [0.29, 0.717) is 11.4 Å². The van der Waals surface area contributed by atoms with Crippen molar-refractivity contribution in [3.05, 3.63) is 16.4 Å². The van der Waals surface area contributed by atoms with Gasteiger partial charge in [0, 0.05) is 12.5 Å². The minimum Gasteiger partial charge on any atom is -0.299 e. The maximum Gasteiger partial charge on any atom is 0.141 e. The molecule has 0 radical (unpaired) electrons. The standard InChI is InChI=1S/C12H19ClN2O/c1-5-8(3)11(16)7-10-12(13)9(4)14-15(10)6-2/h8H,5-7H2,1-4H3. The number of rotatable bonds is 5. The molecule has 0 spiro atoms. The Morgan fingerprint density at radius 2 is 2.12 bits per heavy atom. The molecule has 1 aromatic rings. The lowest BCUT2D eigenvalue weighted by atomic mass is 10.00. The van der Waals surface area contributed by atoms with E-state index in [1.54, 1.807) is 0 Å². The Balaban J connectivity index is 2.92. The minimum absolute atomic E-state index is 0.0941. The molecule has 1 atom stereocenters. The Morgan fingerprint density at radius 3 is 2.62 bits per heavy atom. The highest BCUT2D eigenvalue weighted by Gasteiger charge is 2.18. The number of nitrogens with zero attached hydrogens (tertiary/aromatic N) is 2. The van der Waals surface area contributed by atoms with Crippen LogP contribution in [-0.4, -0.2) is 15.6 Å². The van der Waals surface area contributed by atoms with E-state index in [4.69, 9.17) is 11.6 Å². The molecule has 0 saturated carbocycles. The molecule has 1 rings (SSSR count). The molecule has 1 heterocycles. The van der Waals surface area contributed by atoms with Crippen LogP contribution in [0.15, 0.2) is 0 Å². The maximum absolute atomic E-state index is 11.9. The van der Waals surface area contributed by atoms with Gasteiger partial charge in [0.15, 0.2) is 0 Å². The molecule has 3 nitrogen and oxygen atoms in total. The lowest BCUT2D eigenvalue weighted by Crippen LogP contribution is -2.16. The van der Waals surface area contributed by atoms with Gasteiger partial charge in [0.05, 0.1) is 22.8 Å². The summed E-state index contributed by atoms with van der Waals surface area (Å²) in [6, 6.07) is 0. The molecule has 0 aliphatic carbocycles. The molecule has 0 fully saturated rings. The van der Waals surface area contributed by atoms with Gasteiger partial charge >= 0.3 is 0 Å². The van der Waals surface area contributed by atoms with Crippen molar-refractivity contribution in [1.82, 2.24) is 9.78 Å². The molecule has 1 unspecified atom stereocenters. The number of hydrogen-bond donors (Lipinski definition) is 0. The molecular weight excluding hydrogens is 224 g/mol. The van der Waals surface area contributed by atoms with Gasteiger partial charge in [-0.25, -0.2) is 0 Å². The zero-order valence-electron chi connectivity index (χ0n) is 10.4. The SMILES string of the molecule is CCC(C)C(=O)Cc1c(Cl)c(C)nn1CC. The van der Waals surface area contributed by atoms with Gasteiger partial charge in [0.25, 0.3) is 0 Å². The van der Waals surface area contributed by atoms with Crippen LogP contribution < -0.4 is 0 Å². The van der Waals surface area contributed by atoms with Crippen LogP contribution in [0.1, 0.15) is 38.6 Å². The minimum atomic E-state index is 0.0941. The van der Waals surface area contributed by atoms with Crippen molar-refractivity contribution >= 4 is 17.4 Å². The van der Waals surface area contributed by atoms with Crippen LogP contribution in [0, 0.1) is 12.8 Å². The van der Waals surface area contributed by atoms with Crippen LogP contribution in [0.3, 0.4) is 0 Å². The molecule has 4 heteroatoms. The van der Waals surface area contributed by atoms with Crippen LogP contribution >= 0.6 is 11.6 Å². The predicted molar refractivity (Wildman–Crippen MR) is 65.8 cm³/mol. The highest BCUT2D eigenvalue weighted by atomic mass is 35.5. The monoisotopic (exact) mass is 242 g/mol. The van der Waals surface area contributed by atoms with Crippen molar-refractivity contribution in [3.63, 3.8) is 0 Å². The van der Waals surface area contributed by atoms with E-state index in [2.05, 4.69) is 5.10 Å². The Bertz CT molecular complexity index is 385. The lowest BCUT2D eigenvalue weighted by Gasteiger charge is -2.08. The van der Waals surface area contributed by atoms with Crippen LogP contribution in [0.4, 0.5) is 0 Å². The zero-order chi connectivity index (χ0) is 12.3. The topological polar surface area (TPSA) is 34.9 Å². The van der Waals surface area contributed by atoms with Crippen LogP contribution in [0.25, 0.3) is 0 Å². The summed E-state index contributed by atoms with van der Waals surface area (Å²) in [7, 11) is 0. The largest absolute Gasteiger partial charge is 0.299 e. The van der Waals surface area contributed by atoms with Crippen LogP contribution in [0.5, 0.6) is 0 Å². The summed E-state index contributed by atoms with van der Waals surface area (Å²) in [6.45, 7) is 8.59. The fourth-order valence-electron chi connectivity index (χ4n) is 1.60. The third kappa shape index (κ3) is 2.64. The summed E-state index contributed by atoms with van der Waals surface area (Å²) < 4.78 is 1.82. The normalized spacial score (nSPS) is 12.8.